The second-order valence-corrected chi connectivity index (χ2v) is 4.09. The van der Waals surface area contributed by atoms with Gasteiger partial charge in [0.2, 0.25) is 0 Å². The van der Waals surface area contributed by atoms with E-state index in [1.807, 2.05) is 12.1 Å². The molecule has 1 rings (SSSR count). The van der Waals surface area contributed by atoms with Crippen LogP contribution in [0.5, 0.6) is 5.75 Å². The van der Waals surface area contributed by atoms with Crippen LogP contribution in [0.2, 0.25) is 0 Å². The number of hydrogen-bond donors (Lipinski definition) is 1. The summed E-state index contributed by atoms with van der Waals surface area (Å²) < 4.78 is 5.53. The third kappa shape index (κ3) is 5.95. The van der Waals surface area contributed by atoms with Gasteiger partial charge in [-0.05, 0) is 37.0 Å². The van der Waals surface area contributed by atoms with Crippen LogP contribution in [-0.2, 0) is 11.2 Å². The fourth-order valence-corrected chi connectivity index (χ4v) is 1.61. The molecule has 1 aromatic rings. The molecule has 0 aromatic heterocycles. The summed E-state index contributed by atoms with van der Waals surface area (Å²) in [5.41, 5.74) is 1.32. The molecule has 1 aromatic carbocycles. The van der Waals surface area contributed by atoms with E-state index in [2.05, 4.69) is 19.1 Å². The van der Waals surface area contributed by atoms with Crippen LogP contribution >= 0.6 is 0 Å². The summed E-state index contributed by atoms with van der Waals surface area (Å²) in [6, 6.07) is 8.11. The highest BCUT2D eigenvalue weighted by Crippen LogP contribution is 2.13. The normalized spacial score (nSPS) is 10.2. The molecule has 0 aliphatic carbocycles. The molecular weight excluding hydrogens is 216 g/mol. The Balaban J connectivity index is 2.20. The molecule has 0 unspecified atom stereocenters. The number of carbonyl (C=O) groups is 1. The Labute approximate surface area is 102 Å². The number of carboxylic acid groups (broad SMARTS) is 1. The van der Waals surface area contributed by atoms with Gasteiger partial charge in [0.1, 0.15) is 5.75 Å². The number of hydrogen-bond acceptors (Lipinski definition) is 2. The van der Waals surface area contributed by atoms with Gasteiger partial charge >= 0.3 is 5.97 Å². The minimum Gasteiger partial charge on any atom is -0.494 e. The van der Waals surface area contributed by atoms with Gasteiger partial charge in [0, 0.05) is 6.42 Å². The van der Waals surface area contributed by atoms with Crippen LogP contribution in [0, 0.1) is 0 Å². The van der Waals surface area contributed by atoms with Crippen LogP contribution in [0.1, 0.15) is 38.2 Å². The largest absolute Gasteiger partial charge is 0.494 e. The Morgan fingerprint density at radius 3 is 2.53 bits per heavy atom. The Morgan fingerprint density at radius 2 is 1.94 bits per heavy atom. The van der Waals surface area contributed by atoms with E-state index >= 15 is 0 Å². The number of benzene rings is 1. The molecule has 0 atom stereocenters. The van der Waals surface area contributed by atoms with Gasteiger partial charge in [-0.2, -0.15) is 0 Å². The Morgan fingerprint density at radius 1 is 1.24 bits per heavy atom. The second-order valence-electron chi connectivity index (χ2n) is 4.09. The van der Waals surface area contributed by atoms with Crippen molar-refractivity contribution in [1.29, 1.82) is 0 Å². The average molecular weight is 236 g/mol. The van der Waals surface area contributed by atoms with Crippen molar-refractivity contribution in [1.82, 2.24) is 0 Å². The maximum absolute atomic E-state index is 10.3. The predicted octanol–water partition coefficient (Wildman–Crippen LogP) is 3.27. The van der Waals surface area contributed by atoms with E-state index in [9.17, 15) is 4.79 Å². The smallest absolute Gasteiger partial charge is 0.303 e. The monoisotopic (exact) mass is 236 g/mol. The summed E-state index contributed by atoms with van der Waals surface area (Å²) >= 11 is 0. The SMILES string of the molecule is CCCc1ccc(OCCCCC(=O)O)cc1. The fourth-order valence-electron chi connectivity index (χ4n) is 1.61. The van der Waals surface area contributed by atoms with Crippen LogP contribution in [0.25, 0.3) is 0 Å². The maximum Gasteiger partial charge on any atom is 0.303 e. The molecule has 3 nitrogen and oxygen atoms in total. The molecule has 17 heavy (non-hydrogen) atoms. The molecule has 0 amide bonds. The molecule has 3 heteroatoms. The van der Waals surface area contributed by atoms with Gasteiger partial charge in [-0.1, -0.05) is 25.5 Å². The van der Waals surface area contributed by atoms with Gasteiger partial charge in [-0.25, -0.2) is 0 Å². The van der Waals surface area contributed by atoms with E-state index in [0.29, 0.717) is 13.0 Å². The zero-order valence-corrected chi connectivity index (χ0v) is 10.3. The Bertz CT molecular complexity index is 330. The number of unbranched alkanes of at least 4 members (excludes halogenated alkanes) is 1. The summed E-state index contributed by atoms with van der Waals surface area (Å²) in [5.74, 6) is 0.120. The van der Waals surface area contributed by atoms with Crippen molar-refractivity contribution in [3.8, 4) is 5.75 Å². The van der Waals surface area contributed by atoms with Crippen LogP contribution < -0.4 is 4.74 Å². The van der Waals surface area contributed by atoms with E-state index in [1.54, 1.807) is 0 Å². The van der Waals surface area contributed by atoms with Gasteiger partial charge in [0.05, 0.1) is 6.61 Å². The van der Waals surface area contributed by atoms with Gasteiger partial charge in [-0.3, -0.25) is 4.79 Å². The lowest BCUT2D eigenvalue weighted by molar-refractivity contribution is -0.137. The van der Waals surface area contributed by atoms with Gasteiger partial charge < -0.3 is 9.84 Å². The molecule has 0 saturated carbocycles. The molecule has 0 radical (unpaired) electrons. The maximum atomic E-state index is 10.3. The molecule has 94 valence electrons. The summed E-state index contributed by atoms with van der Waals surface area (Å²) in [6.45, 7) is 2.74. The van der Waals surface area contributed by atoms with Gasteiger partial charge in [0.15, 0.2) is 0 Å². The lowest BCUT2D eigenvalue weighted by atomic mass is 10.1. The summed E-state index contributed by atoms with van der Waals surface area (Å²) in [4.78, 5) is 10.3. The quantitative estimate of drug-likeness (QED) is 0.705. The molecule has 0 heterocycles. The van der Waals surface area contributed by atoms with Crippen molar-refractivity contribution in [2.45, 2.75) is 39.0 Å². The minimum atomic E-state index is -0.742. The van der Waals surface area contributed by atoms with E-state index in [-0.39, 0.29) is 6.42 Å². The topological polar surface area (TPSA) is 46.5 Å². The van der Waals surface area contributed by atoms with E-state index in [0.717, 1.165) is 25.0 Å². The first-order valence-electron chi connectivity index (χ1n) is 6.16. The highest BCUT2D eigenvalue weighted by atomic mass is 16.5. The number of ether oxygens (including phenoxy) is 1. The van der Waals surface area contributed by atoms with E-state index in [1.165, 1.54) is 5.56 Å². The first-order valence-corrected chi connectivity index (χ1v) is 6.16. The Hall–Kier alpha value is -1.51. The van der Waals surface area contributed by atoms with Gasteiger partial charge in [-0.15, -0.1) is 0 Å². The van der Waals surface area contributed by atoms with Crippen molar-refractivity contribution < 1.29 is 14.6 Å². The first-order chi connectivity index (χ1) is 8.22. The zero-order valence-electron chi connectivity index (χ0n) is 10.3. The molecule has 0 bridgehead atoms. The van der Waals surface area contributed by atoms with E-state index in [4.69, 9.17) is 9.84 Å². The lowest BCUT2D eigenvalue weighted by Gasteiger charge is -2.06. The van der Waals surface area contributed by atoms with Crippen molar-refractivity contribution in [3.63, 3.8) is 0 Å². The molecule has 0 fully saturated rings. The molecule has 1 N–H and O–H groups in total. The van der Waals surface area contributed by atoms with Crippen LogP contribution in [-0.4, -0.2) is 17.7 Å². The number of rotatable bonds is 8. The number of aryl methyl sites for hydroxylation is 1. The lowest BCUT2D eigenvalue weighted by Crippen LogP contribution is -2.00. The predicted molar refractivity (Wildman–Crippen MR) is 67.4 cm³/mol. The summed E-state index contributed by atoms with van der Waals surface area (Å²) in [7, 11) is 0. The number of carboxylic acids is 1. The minimum absolute atomic E-state index is 0.221. The zero-order chi connectivity index (χ0) is 12.5. The second kappa shape index (κ2) is 7.71. The molecule has 0 saturated heterocycles. The molecule has 0 aliphatic heterocycles. The molecular formula is C14H20O3. The van der Waals surface area contributed by atoms with Crippen molar-refractivity contribution in [3.05, 3.63) is 29.8 Å². The van der Waals surface area contributed by atoms with Crippen LogP contribution in [0.4, 0.5) is 0 Å². The van der Waals surface area contributed by atoms with Crippen LogP contribution in [0.15, 0.2) is 24.3 Å². The summed E-state index contributed by atoms with van der Waals surface area (Å²) in [5, 5.41) is 8.47. The van der Waals surface area contributed by atoms with Crippen molar-refractivity contribution >= 4 is 5.97 Å². The average Bonchev–Trinajstić information content (AvgIpc) is 2.31. The van der Waals surface area contributed by atoms with Gasteiger partial charge in [0.25, 0.3) is 0 Å². The fraction of sp³-hybridized carbons (Fsp3) is 0.500. The highest BCUT2D eigenvalue weighted by molar-refractivity contribution is 5.66. The highest BCUT2D eigenvalue weighted by Gasteiger charge is 1.98. The standard InChI is InChI=1S/C14H20O3/c1-2-5-12-7-9-13(10-8-12)17-11-4-3-6-14(15)16/h7-10H,2-6,11H2,1H3,(H,15,16). The van der Waals surface area contributed by atoms with Crippen LogP contribution in [0.3, 0.4) is 0 Å². The number of aliphatic carboxylic acids is 1. The third-order valence-corrected chi connectivity index (χ3v) is 2.52. The van der Waals surface area contributed by atoms with E-state index < -0.39 is 5.97 Å². The summed E-state index contributed by atoms with van der Waals surface area (Å²) in [6.07, 6.45) is 3.92. The van der Waals surface area contributed by atoms with Crippen molar-refractivity contribution in [2.24, 2.45) is 0 Å². The molecule has 0 aliphatic rings. The first kappa shape index (κ1) is 13.6. The molecule has 0 spiro atoms. The Kier molecular flexibility index (Phi) is 6.15. The van der Waals surface area contributed by atoms with Crippen molar-refractivity contribution in [2.75, 3.05) is 6.61 Å². The third-order valence-electron chi connectivity index (χ3n) is 2.52.